The Balaban J connectivity index is 2.18. The lowest BCUT2D eigenvalue weighted by molar-refractivity contribution is 0.335. The van der Waals surface area contributed by atoms with Crippen LogP contribution < -0.4 is 10.3 Å². The van der Waals surface area contributed by atoms with E-state index in [1.165, 1.54) is 0 Å². The van der Waals surface area contributed by atoms with E-state index in [0.717, 1.165) is 17.5 Å². The summed E-state index contributed by atoms with van der Waals surface area (Å²) >= 11 is 0. The van der Waals surface area contributed by atoms with Gasteiger partial charge in [0, 0.05) is 0 Å². The maximum Gasteiger partial charge on any atom is 0.253 e. The monoisotopic (exact) mass is 318 g/mol. The Morgan fingerprint density at radius 3 is 2.14 bits per heavy atom. The number of hydrazine groups is 1. The number of sulfonamides is 1. The molecule has 0 unspecified atom stereocenters. The fraction of sp³-hybridized carbons (Fsp3) is 0.294. The molecule has 2 N–H and O–H groups in total. The summed E-state index contributed by atoms with van der Waals surface area (Å²) in [5.74, 6) is 0. The number of hydrogen-bond donors (Lipinski definition) is 2. The lowest BCUT2D eigenvalue weighted by Crippen LogP contribution is -2.50. The molecule has 0 saturated heterocycles. The van der Waals surface area contributed by atoms with E-state index in [1.807, 2.05) is 51.1 Å². The van der Waals surface area contributed by atoms with Crippen LogP contribution in [0.2, 0.25) is 0 Å². The van der Waals surface area contributed by atoms with Crippen molar-refractivity contribution >= 4 is 10.0 Å². The Morgan fingerprint density at radius 1 is 1.00 bits per heavy atom. The quantitative estimate of drug-likeness (QED) is 0.805. The Labute approximate surface area is 132 Å². The maximum atomic E-state index is 12.4. The molecular weight excluding hydrogens is 296 g/mol. The zero-order valence-corrected chi connectivity index (χ0v) is 13.9. The Kier molecular flexibility index (Phi) is 5.01. The molecule has 5 heteroatoms. The summed E-state index contributed by atoms with van der Waals surface area (Å²) in [7, 11) is -3.59. The molecule has 0 spiro atoms. The van der Waals surface area contributed by atoms with E-state index in [9.17, 15) is 8.42 Å². The number of rotatable bonds is 6. The average Bonchev–Trinajstić information content (AvgIpc) is 2.54. The molecule has 0 fully saturated rings. The molecule has 118 valence electrons. The van der Waals surface area contributed by atoms with Crippen molar-refractivity contribution < 1.29 is 8.42 Å². The van der Waals surface area contributed by atoms with Crippen molar-refractivity contribution in [3.05, 3.63) is 65.7 Å². The zero-order valence-electron chi connectivity index (χ0n) is 13.1. The predicted octanol–water partition coefficient (Wildman–Crippen LogP) is 3.10. The van der Waals surface area contributed by atoms with Gasteiger partial charge in [-0.25, -0.2) is 13.8 Å². The third-order valence-electron chi connectivity index (χ3n) is 3.91. The van der Waals surface area contributed by atoms with Crippen LogP contribution in [0.4, 0.5) is 0 Å². The fourth-order valence-corrected chi connectivity index (χ4v) is 3.10. The summed E-state index contributed by atoms with van der Waals surface area (Å²) in [4.78, 5) is 2.75. The average molecular weight is 318 g/mol. The van der Waals surface area contributed by atoms with Gasteiger partial charge in [0.05, 0.1) is 10.4 Å². The molecule has 0 aliphatic heterocycles. The van der Waals surface area contributed by atoms with Crippen LogP contribution in [0.3, 0.4) is 0 Å². The Bertz CT molecular complexity index is 712. The molecule has 2 aromatic rings. The first kappa shape index (κ1) is 16.7. The summed E-state index contributed by atoms with van der Waals surface area (Å²) in [6.45, 7) is 5.91. The summed E-state index contributed by atoms with van der Waals surface area (Å²) in [6, 6.07) is 16.6. The fourth-order valence-electron chi connectivity index (χ4n) is 2.13. The van der Waals surface area contributed by atoms with Crippen LogP contribution in [0, 0.1) is 6.92 Å². The van der Waals surface area contributed by atoms with Crippen molar-refractivity contribution in [2.45, 2.75) is 37.6 Å². The molecule has 4 nitrogen and oxygen atoms in total. The first-order chi connectivity index (χ1) is 10.4. The van der Waals surface area contributed by atoms with Gasteiger partial charge >= 0.3 is 0 Å². The summed E-state index contributed by atoms with van der Waals surface area (Å²) in [5, 5.41) is 0. The van der Waals surface area contributed by atoms with Gasteiger partial charge in [0.2, 0.25) is 0 Å². The lowest BCUT2D eigenvalue weighted by atomic mass is 9.90. The van der Waals surface area contributed by atoms with Gasteiger partial charge in [0.1, 0.15) is 0 Å². The van der Waals surface area contributed by atoms with Crippen molar-refractivity contribution in [2.75, 3.05) is 0 Å². The van der Waals surface area contributed by atoms with Gasteiger partial charge in [0.25, 0.3) is 10.0 Å². The standard InChI is InChI=1S/C17H22N2O2S/c1-4-17(3,15-8-6-5-7-9-15)18-19-22(20,21)16-12-10-14(2)11-13-16/h5-13,18-19H,4H2,1-3H3/t17-/m0/s1. The van der Waals surface area contributed by atoms with Gasteiger partial charge in [-0.05, 0) is 38.0 Å². The van der Waals surface area contributed by atoms with Crippen molar-refractivity contribution in [3.8, 4) is 0 Å². The van der Waals surface area contributed by atoms with Crippen molar-refractivity contribution in [2.24, 2.45) is 0 Å². The second-order valence-electron chi connectivity index (χ2n) is 5.60. The Morgan fingerprint density at radius 2 is 1.59 bits per heavy atom. The van der Waals surface area contributed by atoms with Crippen LogP contribution >= 0.6 is 0 Å². The molecule has 0 heterocycles. The van der Waals surface area contributed by atoms with Gasteiger partial charge in [-0.3, -0.25) is 0 Å². The molecule has 0 aliphatic rings. The molecule has 0 aliphatic carbocycles. The first-order valence-corrected chi connectivity index (χ1v) is 8.77. The molecule has 2 aromatic carbocycles. The van der Waals surface area contributed by atoms with E-state index in [2.05, 4.69) is 10.3 Å². The predicted molar refractivity (Wildman–Crippen MR) is 88.7 cm³/mol. The van der Waals surface area contributed by atoms with Gasteiger partial charge in [-0.15, -0.1) is 4.83 Å². The van der Waals surface area contributed by atoms with E-state index in [4.69, 9.17) is 0 Å². The molecule has 0 bridgehead atoms. The highest BCUT2D eigenvalue weighted by atomic mass is 32.2. The van der Waals surface area contributed by atoms with E-state index >= 15 is 0 Å². The third kappa shape index (κ3) is 3.74. The first-order valence-electron chi connectivity index (χ1n) is 7.28. The van der Waals surface area contributed by atoms with Crippen LogP contribution in [0.5, 0.6) is 0 Å². The third-order valence-corrected chi connectivity index (χ3v) is 5.17. The van der Waals surface area contributed by atoms with Crippen molar-refractivity contribution in [1.82, 2.24) is 10.3 Å². The molecule has 0 aromatic heterocycles. The Hall–Kier alpha value is -1.69. The van der Waals surface area contributed by atoms with E-state index < -0.39 is 15.6 Å². The molecule has 22 heavy (non-hydrogen) atoms. The number of aryl methyl sites for hydroxylation is 1. The highest BCUT2D eigenvalue weighted by molar-refractivity contribution is 7.89. The normalized spacial score (nSPS) is 14.5. The minimum Gasteiger partial charge on any atom is -0.234 e. The summed E-state index contributed by atoms with van der Waals surface area (Å²) in [6.07, 6.45) is 0.743. The zero-order chi connectivity index (χ0) is 16.2. The van der Waals surface area contributed by atoms with Crippen molar-refractivity contribution in [1.29, 1.82) is 0 Å². The number of benzene rings is 2. The van der Waals surface area contributed by atoms with E-state index in [-0.39, 0.29) is 4.90 Å². The highest BCUT2D eigenvalue weighted by Crippen LogP contribution is 2.23. The number of hydrogen-bond acceptors (Lipinski definition) is 3. The topological polar surface area (TPSA) is 58.2 Å². The van der Waals surface area contributed by atoms with Crippen LogP contribution in [0.15, 0.2) is 59.5 Å². The largest absolute Gasteiger partial charge is 0.253 e. The maximum absolute atomic E-state index is 12.4. The number of nitrogens with one attached hydrogen (secondary N) is 2. The molecule has 0 radical (unpaired) electrons. The van der Waals surface area contributed by atoms with Gasteiger partial charge in [0.15, 0.2) is 0 Å². The molecule has 0 amide bonds. The second kappa shape index (κ2) is 6.60. The van der Waals surface area contributed by atoms with Crippen LogP contribution in [-0.2, 0) is 15.6 Å². The molecule has 0 saturated carbocycles. The van der Waals surface area contributed by atoms with Gasteiger partial charge in [-0.1, -0.05) is 55.0 Å². The molecule has 2 rings (SSSR count). The van der Waals surface area contributed by atoms with E-state index in [1.54, 1.807) is 24.3 Å². The minimum absolute atomic E-state index is 0.247. The van der Waals surface area contributed by atoms with Crippen LogP contribution in [-0.4, -0.2) is 8.42 Å². The summed E-state index contributed by atoms with van der Waals surface area (Å²) < 4.78 is 24.7. The molecular formula is C17H22N2O2S. The summed E-state index contributed by atoms with van der Waals surface area (Å²) in [5.41, 5.74) is 4.56. The van der Waals surface area contributed by atoms with Crippen LogP contribution in [0.1, 0.15) is 31.4 Å². The van der Waals surface area contributed by atoms with Crippen molar-refractivity contribution in [3.63, 3.8) is 0 Å². The van der Waals surface area contributed by atoms with Gasteiger partial charge in [-0.2, -0.15) is 0 Å². The van der Waals surface area contributed by atoms with Gasteiger partial charge < -0.3 is 0 Å². The smallest absolute Gasteiger partial charge is 0.234 e. The van der Waals surface area contributed by atoms with E-state index in [0.29, 0.717) is 0 Å². The SMILES string of the molecule is CC[C@](C)(NNS(=O)(=O)c1ccc(C)cc1)c1ccccc1. The molecule has 1 atom stereocenters. The lowest BCUT2D eigenvalue weighted by Gasteiger charge is -2.30. The second-order valence-corrected chi connectivity index (χ2v) is 7.28. The minimum atomic E-state index is -3.59. The highest BCUT2D eigenvalue weighted by Gasteiger charge is 2.26. The van der Waals surface area contributed by atoms with Crippen LogP contribution in [0.25, 0.3) is 0 Å².